The number of halogens is 2. The number of fused-ring (bicyclic) bond motifs is 1. The fourth-order valence-corrected chi connectivity index (χ4v) is 2.09. The summed E-state index contributed by atoms with van der Waals surface area (Å²) in [7, 11) is 0. The second-order valence-electron chi connectivity index (χ2n) is 4.56. The zero-order chi connectivity index (χ0) is 14.9. The molecular formula is C14H14F2N2O2. The Morgan fingerprint density at radius 2 is 1.90 bits per heavy atom. The van der Waals surface area contributed by atoms with Gasteiger partial charge in [0.15, 0.2) is 11.6 Å². The molecule has 1 aromatic heterocycles. The second kappa shape index (κ2) is 5.40. The lowest BCUT2D eigenvalue weighted by atomic mass is 10.1. The van der Waals surface area contributed by atoms with Crippen LogP contribution in [0.15, 0.2) is 23.0 Å². The fourth-order valence-electron chi connectivity index (χ4n) is 2.09. The topological polar surface area (TPSA) is 65.1 Å². The molecular weight excluding hydrogens is 266 g/mol. The Morgan fingerprint density at radius 1 is 1.25 bits per heavy atom. The summed E-state index contributed by atoms with van der Waals surface area (Å²) in [5, 5.41) is 0.195. The van der Waals surface area contributed by atoms with Crippen molar-refractivity contribution in [2.75, 3.05) is 0 Å². The van der Waals surface area contributed by atoms with Crippen LogP contribution in [0.2, 0.25) is 0 Å². The SMILES string of the molecule is CCCCn1c(C(N)=O)cc2cc(F)c(F)cc2c1=O. The van der Waals surface area contributed by atoms with E-state index in [1.165, 1.54) is 10.6 Å². The molecule has 1 amide bonds. The second-order valence-corrected chi connectivity index (χ2v) is 4.56. The number of hydrogen-bond donors (Lipinski definition) is 1. The maximum absolute atomic E-state index is 13.3. The van der Waals surface area contributed by atoms with Gasteiger partial charge in [0.05, 0.1) is 5.39 Å². The third-order valence-electron chi connectivity index (χ3n) is 3.14. The number of unbranched alkanes of at least 4 members (excludes halogenated alkanes) is 1. The summed E-state index contributed by atoms with van der Waals surface area (Å²) in [6.07, 6.45) is 1.50. The van der Waals surface area contributed by atoms with Crippen molar-refractivity contribution in [3.05, 3.63) is 45.9 Å². The average Bonchev–Trinajstić information content (AvgIpc) is 2.39. The number of carbonyl (C=O) groups excluding carboxylic acids is 1. The van der Waals surface area contributed by atoms with Gasteiger partial charge in [-0.2, -0.15) is 0 Å². The molecule has 2 rings (SSSR count). The van der Waals surface area contributed by atoms with E-state index in [9.17, 15) is 18.4 Å². The third-order valence-corrected chi connectivity index (χ3v) is 3.14. The lowest BCUT2D eigenvalue weighted by molar-refractivity contribution is 0.0990. The van der Waals surface area contributed by atoms with E-state index in [4.69, 9.17) is 5.73 Å². The first kappa shape index (κ1) is 14.2. The van der Waals surface area contributed by atoms with Gasteiger partial charge < -0.3 is 10.3 Å². The van der Waals surface area contributed by atoms with Crippen LogP contribution in [0, 0.1) is 11.6 Å². The minimum absolute atomic E-state index is 0.00181. The van der Waals surface area contributed by atoms with Gasteiger partial charge in [0.25, 0.3) is 11.5 Å². The highest BCUT2D eigenvalue weighted by Crippen LogP contribution is 2.17. The van der Waals surface area contributed by atoms with Crippen LogP contribution >= 0.6 is 0 Å². The summed E-state index contributed by atoms with van der Waals surface area (Å²) in [4.78, 5) is 23.7. The normalized spacial score (nSPS) is 10.9. The summed E-state index contributed by atoms with van der Waals surface area (Å²) >= 11 is 0. The number of amides is 1. The highest BCUT2D eigenvalue weighted by molar-refractivity contribution is 5.95. The van der Waals surface area contributed by atoms with Gasteiger partial charge in [-0.25, -0.2) is 8.78 Å². The van der Waals surface area contributed by atoms with Crippen LogP contribution in [-0.4, -0.2) is 10.5 Å². The Kier molecular flexibility index (Phi) is 3.83. The predicted molar refractivity (Wildman–Crippen MR) is 71.5 cm³/mol. The lowest BCUT2D eigenvalue weighted by Crippen LogP contribution is -2.29. The Bertz CT molecular complexity index is 738. The van der Waals surface area contributed by atoms with Gasteiger partial charge in [-0.15, -0.1) is 0 Å². The molecule has 0 fully saturated rings. The molecule has 1 aromatic carbocycles. The van der Waals surface area contributed by atoms with E-state index in [0.29, 0.717) is 13.0 Å². The van der Waals surface area contributed by atoms with E-state index in [1.807, 2.05) is 6.92 Å². The maximum atomic E-state index is 13.3. The zero-order valence-electron chi connectivity index (χ0n) is 11.0. The molecule has 0 aliphatic carbocycles. The summed E-state index contributed by atoms with van der Waals surface area (Å²) in [6.45, 7) is 2.24. The van der Waals surface area contributed by atoms with Crippen LogP contribution in [0.4, 0.5) is 8.78 Å². The van der Waals surface area contributed by atoms with E-state index in [-0.39, 0.29) is 16.5 Å². The molecule has 0 radical (unpaired) electrons. The number of benzene rings is 1. The Labute approximate surface area is 113 Å². The van der Waals surface area contributed by atoms with Gasteiger partial charge in [-0.05, 0) is 30.0 Å². The Hall–Kier alpha value is -2.24. The minimum atomic E-state index is -1.09. The predicted octanol–water partition coefficient (Wildman–Crippen LogP) is 2.18. The highest BCUT2D eigenvalue weighted by Gasteiger charge is 2.15. The van der Waals surface area contributed by atoms with Crippen LogP contribution in [0.3, 0.4) is 0 Å². The molecule has 2 aromatic rings. The largest absolute Gasteiger partial charge is 0.364 e. The van der Waals surface area contributed by atoms with Gasteiger partial charge in [-0.1, -0.05) is 13.3 Å². The first-order valence-corrected chi connectivity index (χ1v) is 6.28. The molecule has 20 heavy (non-hydrogen) atoms. The Balaban J connectivity index is 2.79. The van der Waals surface area contributed by atoms with Gasteiger partial charge >= 0.3 is 0 Å². The molecule has 0 bridgehead atoms. The average molecular weight is 280 g/mol. The molecule has 0 aliphatic rings. The van der Waals surface area contributed by atoms with Crippen LogP contribution in [0.5, 0.6) is 0 Å². The molecule has 0 unspecified atom stereocenters. The minimum Gasteiger partial charge on any atom is -0.364 e. The number of carbonyl (C=O) groups is 1. The van der Waals surface area contributed by atoms with Crippen molar-refractivity contribution in [1.29, 1.82) is 0 Å². The molecule has 0 saturated carbocycles. The highest BCUT2D eigenvalue weighted by atomic mass is 19.2. The van der Waals surface area contributed by atoms with Gasteiger partial charge in [-0.3, -0.25) is 9.59 Å². The third kappa shape index (κ3) is 2.41. The standard InChI is InChI=1S/C14H14F2N2O2/c1-2-3-4-18-12(13(17)19)6-8-5-10(15)11(16)7-9(8)14(18)20/h5-7H,2-4H2,1H3,(H2,17,19). The molecule has 106 valence electrons. The number of nitrogens with two attached hydrogens (primary N) is 1. The number of aromatic nitrogens is 1. The quantitative estimate of drug-likeness (QED) is 0.932. The van der Waals surface area contributed by atoms with Gasteiger partial charge in [0.2, 0.25) is 0 Å². The van der Waals surface area contributed by atoms with Crippen molar-refractivity contribution >= 4 is 16.7 Å². The first-order valence-electron chi connectivity index (χ1n) is 6.28. The molecule has 0 saturated heterocycles. The Morgan fingerprint density at radius 3 is 2.50 bits per heavy atom. The smallest absolute Gasteiger partial charge is 0.265 e. The van der Waals surface area contributed by atoms with Crippen LogP contribution < -0.4 is 11.3 Å². The van der Waals surface area contributed by atoms with Crippen LogP contribution in [0.25, 0.3) is 10.8 Å². The van der Waals surface area contributed by atoms with E-state index in [2.05, 4.69) is 0 Å². The monoisotopic (exact) mass is 280 g/mol. The molecule has 6 heteroatoms. The number of nitrogens with zero attached hydrogens (tertiary/aromatic N) is 1. The molecule has 0 aliphatic heterocycles. The molecule has 0 atom stereocenters. The lowest BCUT2D eigenvalue weighted by Gasteiger charge is -2.12. The van der Waals surface area contributed by atoms with Crippen molar-refractivity contribution in [3.8, 4) is 0 Å². The summed E-state index contributed by atoms with van der Waals surface area (Å²) in [6, 6.07) is 3.06. The summed E-state index contributed by atoms with van der Waals surface area (Å²) < 4.78 is 27.7. The molecule has 0 spiro atoms. The van der Waals surface area contributed by atoms with Gasteiger partial charge in [0, 0.05) is 6.54 Å². The van der Waals surface area contributed by atoms with E-state index in [0.717, 1.165) is 18.6 Å². The van der Waals surface area contributed by atoms with Crippen molar-refractivity contribution in [2.45, 2.75) is 26.3 Å². The van der Waals surface area contributed by atoms with E-state index < -0.39 is 23.1 Å². The summed E-state index contributed by atoms with van der Waals surface area (Å²) in [5.41, 5.74) is 4.71. The maximum Gasteiger partial charge on any atom is 0.265 e. The van der Waals surface area contributed by atoms with Crippen molar-refractivity contribution in [1.82, 2.24) is 4.57 Å². The first-order chi connectivity index (χ1) is 9.45. The fraction of sp³-hybridized carbons (Fsp3) is 0.286. The van der Waals surface area contributed by atoms with E-state index >= 15 is 0 Å². The molecule has 4 nitrogen and oxygen atoms in total. The van der Waals surface area contributed by atoms with Crippen molar-refractivity contribution in [3.63, 3.8) is 0 Å². The number of pyridine rings is 1. The number of primary amides is 1. The van der Waals surface area contributed by atoms with Gasteiger partial charge in [0.1, 0.15) is 5.69 Å². The molecule has 2 N–H and O–H groups in total. The zero-order valence-corrected chi connectivity index (χ0v) is 11.0. The summed E-state index contributed by atoms with van der Waals surface area (Å²) in [5.74, 6) is -2.94. The van der Waals surface area contributed by atoms with Crippen molar-refractivity contribution < 1.29 is 13.6 Å². The van der Waals surface area contributed by atoms with Crippen LogP contribution in [0.1, 0.15) is 30.3 Å². The van der Waals surface area contributed by atoms with E-state index in [1.54, 1.807) is 0 Å². The van der Waals surface area contributed by atoms with Crippen LogP contribution in [-0.2, 0) is 6.54 Å². The number of hydrogen-bond acceptors (Lipinski definition) is 2. The molecule has 1 heterocycles. The number of rotatable bonds is 4. The van der Waals surface area contributed by atoms with Crippen molar-refractivity contribution in [2.24, 2.45) is 5.73 Å².